The maximum absolute atomic E-state index is 12.7. The van der Waals surface area contributed by atoms with Crippen molar-refractivity contribution in [3.63, 3.8) is 0 Å². The fraction of sp³-hybridized carbons (Fsp3) is 0.526. The molecule has 2 heterocycles. The molecule has 1 amide bonds. The van der Waals surface area contributed by atoms with Crippen LogP contribution in [-0.4, -0.2) is 62.3 Å². The second-order valence-electron chi connectivity index (χ2n) is 7.01. The Morgan fingerprint density at radius 2 is 1.68 bits per heavy atom. The molecule has 8 nitrogen and oxygen atoms in total. The average molecular weight is 405 g/mol. The second-order valence-corrected chi connectivity index (χ2v) is 8.95. The van der Waals surface area contributed by atoms with Crippen molar-refractivity contribution in [1.29, 1.82) is 5.26 Å². The van der Waals surface area contributed by atoms with Crippen LogP contribution in [0.5, 0.6) is 0 Å². The van der Waals surface area contributed by atoms with Crippen molar-refractivity contribution in [2.45, 2.75) is 30.6 Å². The minimum absolute atomic E-state index is 0.128. The largest absolute Gasteiger partial charge is 0.455 e. The van der Waals surface area contributed by atoms with E-state index in [-0.39, 0.29) is 30.5 Å². The van der Waals surface area contributed by atoms with Gasteiger partial charge in [-0.1, -0.05) is 0 Å². The molecule has 1 aromatic carbocycles. The quantitative estimate of drug-likeness (QED) is 0.680. The summed E-state index contributed by atoms with van der Waals surface area (Å²) in [6.07, 6.45) is 2.66. The highest BCUT2D eigenvalue weighted by atomic mass is 32.2. The Bertz CT molecular complexity index is 862. The van der Waals surface area contributed by atoms with Crippen molar-refractivity contribution >= 4 is 21.9 Å². The topological polar surface area (TPSA) is 108 Å². The number of nitrogens with zero attached hydrogens (tertiary/aromatic N) is 3. The summed E-state index contributed by atoms with van der Waals surface area (Å²) in [4.78, 5) is 26.0. The molecule has 0 saturated carbocycles. The molecule has 9 heteroatoms. The summed E-state index contributed by atoms with van der Waals surface area (Å²) in [5.41, 5.74) is 0.392. The van der Waals surface area contributed by atoms with Crippen LogP contribution in [0.1, 0.15) is 31.2 Å². The summed E-state index contributed by atoms with van der Waals surface area (Å²) in [6, 6.07) is 7.72. The van der Waals surface area contributed by atoms with Gasteiger partial charge in [0.2, 0.25) is 10.0 Å². The summed E-state index contributed by atoms with van der Waals surface area (Å²) < 4.78 is 31.9. The van der Waals surface area contributed by atoms with Crippen LogP contribution in [0, 0.1) is 17.2 Å². The number of ether oxygens (including phenoxy) is 1. The third-order valence-electron chi connectivity index (χ3n) is 5.21. The SMILES string of the molecule is N#Cc1ccc(S(=O)(=O)N2CCC(C(=O)OCC(=O)N3CCCC3)CC2)cc1. The van der Waals surface area contributed by atoms with Crippen LogP contribution in [0.15, 0.2) is 29.2 Å². The molecule has 2 saturated heterocycles. The molecule has 2 fully saturated rings. The fourth-order valence-electron chi connectivity index (χ4n) is 3.49. The fourth-order valence-corrected chi connectivity index (χ4v) is 4.96. The van der Waals surface area contributed by atoms with Crippen molar-refractivity contribution < 1.29 is 22.7 Å². The number of nitriles is 1. The van der Waals surface area contributed by atoms with Gasteiger partial charge >= 0.3 is 5.97 Å². The van der Waals surface area contributed by atoms with Gasteiger partial charge in [0.1, 0.15) is 0 Å². The van der Waals surface area contributed by atoms with E-state index in [1.54, 1.807) is 4.90 Å². The lowest BCUT2D eigenvalue weighted by Gasteiger charge is -2.30. The van der Waals surface area contributed by atoms with Gasteiger partial charge in [0.05, 0.1) is 22.4 Å². The molecule has 2 aliphatic heterocycles. The molecule has 1 aromatic rings. The van der Waals surface area contributed by atoms with Gasteiger partial charge in [0.15, 0.2) is 6.61 Å². The highest BCUT2D eigenvalue weighted by Gasteiger charge is 2.33. The van der Waals surface area contributed by atoms with Crippen LogP contribution >= 0.6 is 0 Å². The first-order chi connectivity index (χ1) is 13.4. The van der Waals surface area contributed by atoms with Gasteiger partial charge in [-0.25, -0.2) is 8.42 Å². The third-order valence-corrected chi connectivity index (χ3v) is 7.12. The molecule has 0 atom stereocenters. The zero-order valence-electron chi connectivity index (χ0n) is 15.5. The Morgan fingerprint density at radius 3 is 2.25 bits per heavy atom. The highest BCUT2D eigenvalue weighted by molar-refractivity contribution is 7.89. The van der Waals surface area contributed by atoms with E-state index in [9.17, 15) is 18.0 Å². The lowest BCUT2D eigenvalue weighted by molar-refractivity contribution is -0.156. The lowest BCUT2D eigenvalue weighted by Crippen LogP contribution is -2.41. The molecule has 0 N–H and O–H groups in total. The molecule has 150 valence electrons. The van der Waals surface area contributed by atoms with Crippen molar-refractivity contribution in [2.75, 3.05) is 32.8 Å². The normalized spacial score (nSPS) is 18.6. The third kappa shape index (κ3) is 4.51. The number of amides is 1. The van der Waals surface area contributed by atoms with Gasteiger partial charge < -0.3 is 9.64 Å². The Morgan fingerprint density at radius 1 is 1.07 bits per heavy atom. The summed E-state index contributed by atoms with van der Waals surface area (Å²) in [7, 11) is -3.66. The molecule has 3 rings (SSSR count). The molecule has 2 aliphatic rings. The predicted molar refractivity (Wildman–Crippen MR) is 99.4 cm³/mol. The Labute approximate surface area is 164 Å². The first kappa shape index (κ1) is 20.3. The van der Waals surface area contributed by atoms with Crippen LogP contribution in [0.4, 0.5) is 0 Å². The molecule has 0 aromatic heterocycles. The van der Waals surface area contributed by atoms with Crippen LogP contribution < -0.4 is 0 Å². The maximum atomic E-state index is 12.7. The number of likely N-dealkylation sites (tertiary alicyclic amines) is 1. The number of rotatable bonds is 5. The van der Waals surface area contributed by atoms with Gasteiger partial charge in [-0.2, -0.15) is 9.57 Å². The average Bonchev–Trinajstić information content (AvgIpc) is 3.27. The van der Waals surface area contributed by atoms with Crippen LogP contribution in [0.25, 0.3) is 0 Å². The van der Waals surface area contributed by atoms with Gasteiger partial charge in [-0.05, 0) is 49.9 Å². The van der Waals surface area contributed by atoms with Gasteiger partial charge in [-0.3, -0.25) is 9.59 Å². The van der Waals surface area contributed by atoms with Crippen LogP contribution in [-0.2, 0) is 24.3 Å². The summed E-state index contributed by atoms with van der Waals surface area (Å²) in [6.45, 7) is 1.59. The van der Waals surface area contributed by atoms with Crippen molar-refractivity contribution in [3.05, 3.63) is 29.8 Å². The van der Waals surface area contributed by atoms with E-state index < -0.39 is 21.9 Å². The number of piperidine rings is 1. The Balaban J connectivity index is 1.51. The smallest absolute Gasteiger partial charge is 0.309 e. The summed E-state index contributed by atoms with van der Waals surface area (Å²) in [5, 5.41) is 8.82. The Kier molecular flexibility index (Phi) is 6.31. The molecule has 0 aliphatic carbocycles. The predicted octanol–water partition coefficient (Wildman–Crippen LogP) is 1.12. The van der Waals surface area contributed by atoms with Crippen LogP contribution in [0.3, 0.4) is 0 Å². The zero-order chi connectivity index (χ0) is 20.1. The number of carbonyl (C=O) groups is 2. The van der Waals surface area contributed by atoms with E-state index in [1.807, 2.05) is 6.07 Å². The highest BCUT2D eigenvalue weighted by Crippen LogP contribution is 2.25. The van der Waals surface area contributed by atoms with Gasteiger partial charge in [-0.15, -0.1) is 0 Å². The first-order valence-corrected chi connectivity index (χ1v) is 10.8. The molecule has 0 unspecified atom stereocenters. The van der Waals surface area contributed by atoms with E-state index >= 15 is 0 Å². The summed E-state index contributed by atoms with van der Waals surface area (Å²) in [5.74, 6) is -1.02. The standard InChI is InChI=1S/C19H23N3O5S/c20-13-15-3-5-17(6-4-15)28(25,26)22-11-7-16(8-12-22)19(24)27-14-18(23)21-9-1-2-10-21/h3-6,16H,1-2,7-12,14H2. The second kappa shape index (κ2) is 8.71. The molecule has 0 radical (unpaired) electrons. The Hall–Kier alpha value is -2.44. The molecule has 0 bridgehead atoms. The molecule has 0 spiro atoms. The van der Waals surface area contributed by atoms with E-state index in [0.717, 1.165) is 12.8 Å². The van der Waals surface area contributed by atoms with Crippen molar-refractivity contribution in [2.24, 2.45) is 5.92 Å². The minimum Gasteiger partial charge on any atom is -0.455 e. The molecular weight excluding hydrogens is 382 g/mol. The van der Waals surface area contributed by atoms with E-state index in [1.165, 1.54) is 28.6 Å². The van der Waals surface area contributed by atoms with E-state index in [0.29, 0.717) is 31.5 Å². The number of hydrogen-bond acceptors (Lipinski definition) is 6. The van der Waals surface area contributed by atoms with E-state index in [2.05, 4.69) is 0 Å². The number of esters is 1. The lowest BCUT2D eigenvalue weighted by atomic mass is 9.98. The van der Waals surface area contributed by atoms with E-state index in [4.69, 9.17) is 10.00 Å². The van der Waals surface area contributed by atoms with Crippen molar-refractivity contribution in [3.8, 4) is 6.07 Å². The number of sulfonamides is 1. The van der Waals surface area contributed by atoms with Crippen LogP contribution in [0.2, 0.25) is 0 Å². The first-order valence-electron chi connectivity index (χ1n) is 9.36. The maximum Gasteiger partial charge on any atom is 0.309 e. The molecule has 28 heavy (non-hydrogen) atoms. The van der Waals surface area contributed by atoms with Gasteiger partial charge in [0, 0.05) is 26.2 Å². The zero-order valence-corrected chi connectivity index (χ0v) is 16.4. The number of hydrogen-bond donors (Lipinski definition) is 0. The number of benzene rings is 1. The van der Waals surface area contributed by atoms with Crippen molar-refractivity contribution in [1.82, 2.24) is 9.21 Å². The number of carbonyl (C=O) groups excluding carboxylic acids is 2. The summed E-state index contributed by atoms with van der Waals surface area (Å²) >= 11 is 0. The molecular formula is C19H23N3O5S. The monoisotopic (exact) mass is 405 g/mol. The minimum atomic E-state index is -3.66. The van der Waals surface area contributed by atoms with Gasteiger partial charge in [0.25, 0.3) is 5.91 Å².